The number of aromatic nitrogens is 1. The van der Waals surface area contributed by atoms with E-state index in [1.807, 2.05) is 6.07 Å². The first-order valence-corrected chi connectivity index (χ1v) is 10.6. The Morgan fingerprint density at radius 2 is 2.07 bits per heavy atom. The van der Waals surface area contributed by atoms with Gasteiger partial charge in [-0.3, -0.25) is 19.5 Å². The van der Waals surface area contributed by atoms with E-state index in [1.165, 1.54) is 11.3 Å². The molecule has 8 heteroatoms. The van der Waals surface area contributed by atoms with Gasteiger partial charge in [-0.1, -0.05) is 12.1 Å². The molecule has 1 saturated heterocycles. The summed E-state index contributed by atoms with van der Waals surface area (Å²) in [5.74, 6) is -1.26. The summed E-state index contributed by atoms with van der Waals surface area (Å²) in [6, 6.07) is 6.47. The van der Waals surface area contributed by atoms with Gasteiger partial charge in [0, 0.05) is 38.6 Å². The Bertz CT molecular complexity index is 892. The number of amides is 1. The van der Waals surface area contributed by atoms with E-state index in [9.17, 15) is 14.7 Å². The number of thiophene rings is 1. The summed E-state index contributed by atoms with van der Waals surface area (Å²) in [4.78, 5) is 34.5. The van der Waals surface area contributed by atoms with Gasteiger partial charge in [0.1, 0.15) is 0 Å². The van der Waals surface area contributed by atoms with E-state index in [-0.39, 0.29) is 11.4 Å². The number of aliphatic hydroxyl groups excluding tert-OH is 1. The van der Waals surface area contributed by atoms with Crippen LogP contribution in [0.1, 0.15) is 27.7 Å². The molecule has 2 aromatic rings. The van der Waals surface area contributed by atoms with Gasteiger partial charge in [-0.2, -0.15) is 0 Å². The minimum absolute atomic E-state index is 0.136. The Morgan fingerprint density at radius 3 is 2.76 bits per heavy atom. The molecule has 0 bridgehead atoms. The molecule has 0 spiro atoms. The van der Waals surface area contributed by atoms with Crippen LogP contribution in [0.25, 0.3) is 0 Å². The van der Waals surface area contributed by atoms with Crippen molar-refractivity contribution in [1.82, 2.24) is 14.8 Å². The van der Waals surface area contributed by atoms with Crippen LogP contribution in [0.15, 0.2) is 53.4 Å². The van der Waals surface area contributed by atoms with E-state index in [2.05, 4.69) is 9.88 Å². The van der Waals surface area contributed by atoms with Crippen molar-refractivity contribution in [2.75, 3.05) is 39.4 Å². The van der Waals surface area contributed by atoms with Crippen LogP contribution in [0.3, 0.4) is 0 Å². The number of hydrogen-bond acceptors (Lipinski definition) is 7. The highest BCUT2D eigenvalue weighted by molar-refractivity contribution is 7.12. The Morgan fingerprint density at radius 1 is 1.24 bits per heavy atom. The fourth-order valence-corrected chi connectivity index (χ4v) is 4.51. The van der Waals surface area contributed by atoms with E-state index >= 15 is 0 Å². The quantitative estimate of drug-likeness (QED) is 0.702. The molecule has 0 aromatic carbocycles. The smallest absolute Gasteiger partial charge is 0.290 e. The van der Waals surface area contributed by atoms with E-state index in [0.717, 1.165) is 44.8 Å². The van der Waals surface area contributed by atoms with Crippen LogP contribution in [0.4, 0.5) is 0 Å². The van der Waals surface area contributed by atoms with E-state index in [4.69, 9.17) is 4.74 Å². The second-order valence-electron chi connectivity index (χ2n) is 7.06. The van der Waals surface area contributed by atoms with Crippen molar-refractivity contribution in [2.24, 2.45) is 0 Å². The van der Waals surface area contributed by atoms with Gasteiger partial charge < -0.3 is 14.7 Å². The predicted molar refractivity (Wildman–Crippen MR) is 109 cm³/mol. The Kier molecular flexibility index (Phi) is 6.03. The third-order valence-corrected chi connectivity index (χ3v) is 6.14. The Labute approximate surface area is 173 Å². The highest BCUT2D eigenvalue weighted by atomic mass is 32.1. The van der Waals surface area contributed by atoms with Crippen LogP contribution in [0.5, 0.6) is 0 Å². The van der Waals surface area contributed by atoms with E-state index in [0.29, 0.717) is 11.4 Å². The number of ether oxygens (including phenoxy) is 1. The average Bonchev–Trinajstić information content (AvgIpc) is 3.38. The molecule has 152 valence electrons. The maximum Gasteiger partial charge on any atom is 0.290 e. The number of Topliss-reactive ketones (excluding diaryl/α,β-unsaturated/α-hetero) is 1. The topological polar surface area (TPSA) is 83.0 Å². The van der Waals surface area contributed by atoms with E-state index < -0.39 is 17.7 Å². The number of nitrogens with zero attached hydrogens (tertiary/aromatic N) is 3. The molecule has 0 unspecified atom stereocenters. The summed E-state index contributed by atoms with van der Waals surface area (Å²) in [6.45, 7) is 4.49. The van der Waals surface area contributed by atoms with Crippen LogP contribution >= 0.6 is 11.3 Å². The molecule has 0 aliphatic carbocycles. The fourth-order valence-electron chi connectivity index (χ4n) is 3.83. The van der Waals surface area contributed by atoms with Crippen molar-refractivity contribution in [3.8, 4) is 0 Å². The summed E-state index contributed by atoms with van der Waals surface area (Å²) < 4.78 is 5.37. The molecule has 1 fully saturated rings. The third kappa shape index (κ3) is 4.10. The minimum atomic E-state index is -0.629. The normalized spacial score (nSPS) is 20.5. The van der Waals surface area contributed by atoms with Crippen LogP contribution < -0.4 is 0 Å². The van der Waals surface area contributed by atoms with Gasteiger partial charge in [-0.05, 0) is 29.5 Å². The first kappa shape index (κ1) is 19.8. The minimum Gasteiger partial charge on any atom is -0.503 e. The highest BCUT2D eigenvalue weighted by Gasteiger charge is 2.43. The third-order valence-electron chi connectivity index (χ3n) is 5.27. The van der Waals surface area contributed by atoms with Crippen molar-refractivity contribution in [2.45, 2.75) is 12.5 Å². The first-order valence-electron chi connectivity index (χ1n) is 9.69. The van der Waals surface area contributed by atoms with Gasteiger partial charge in [-0.25, -0.2) is 0 Å². The second kappa shape index (κ2) is 8.86. The predicted octanol–water partition coefficient (Wildman–Crippen LogP) is 2.44. The van der Waals surface area contributed by atoms with Crippen molar-refractivity contribution < 1.29 is 19.4 Å². The Hall–Kier alpha value is -2.55. The maximum absolute atomic E-state index is 13.1. The van der Waals surface area contributed by atoms with E-state index in [1.54, 1.807) is 40.9 Å². The number of ketones is 1. The number of hydrogen-bond donors (Lipinski definition) is 1. The molecule has 2 aliphatic heterocycles. The summed E-state index contributed by atoms with van der Waals surface area (Å²) in [7, 11) is 0. The fraction of sp³-hybridized carbons (Fsp3) is 0.381. The van der Waals surface area contributed by atoms with Crippen LogP contribution in [-0.4, -0.2) is 71.0 Å². The molecule has 4 heterocycles. The lowest BCUT2D eigenvalue weighted by Crippen LogP contribution is -2.39. The van der Waals surface area contributed by atoms with Crippen LogP contribution in [0.2, 0.25) is 0 Å². The van der Waals surface area contributed by atoms with Crippen molar-refractivity contribution in [3.05, 3.63) is 63.8 Å². The number of pyridine rings is 1. The molecule has 29 heavy (non-hydrogen) atoms. The maximum atomic E-state index is 13.1. The molecule has 4 rings (SSSR count). The molecule has 1 atom stereocenters. The zero-order valence-electron chi connectivity index (χ0n) is 16.0. The number of rotatable bonds is 7. The van der Waals surface area contributed by atoms with Gasteiger partial charge >= 0.3 is 0 Å². The summed E-state index contributed by atoms with van der Waals surface area (Å²) in [6.07, 6.45) is 4.04. The average molecular weight is 413 g/mol. The van der Waals surface area contributed by atoms with Gasteiger partial charge in [0.25, 0.3) is 5.91 Å². The van der Waals surface area contributed by atoms with Crippen molar-refractivity contribution >= 4 is 23.0 Å². The van der Waals surface area contributed by atoms with Crippen molar-refractivity contribution in [1.29, 1.82) is 0 Å². The SMILES string of the molecule is O=C(C1=C(O)C(=O)N(CCCN2CCOCC2)[C@@H]1c1cccnc1)c1cccs1. The zero-order chi connectivity index (χ0) is 20.2. The molecule has 2 aromatic heterocycles. The standard InChI is InChI=1S/C21H23N3O4S/c25-19(16-5-2-13-29-16)17-18(15-4-1-6-22-14-15)24(21(27)20(17)26)8-3-7-23-9-11-28-12-10-23/h1-2,4-6,13-14,18,26H,3,7-12H2/t18-/m1/s1. The molecule has 0 radical (unpaired) electrons. The lowest BCUT2D eigenvalue weighted by atomic mass is 9.96. The summed E-state index contributed by atoms with van der Waals surface area (Å²) in [5, 5.41) is 12.4. The van der Waals surface area contributed by atoms with Crippen LogP contribution in [-0.2, 0) is 9.53 Å². The molecule has 7 nitrogen and oxygen atoms in total. The lowest BCUT2D eigenvalue weighted by Gasteiger charge is -2.29. The molecule has 1 N–H and O–H groups in total. The number of carbonyl (C=O) groups is 2. The van der Waals surface area contributed by atoms with Crippen molar-refractivity contribution in [3.63, 3.8) is 0 Å². The molecule has 1 amide bonds. The lowest BCUT2D eigenvalue weighted by molar-refractivity contribution is -0.129. The second-order valence-corrected chi connectivity index (χ2v) is 8.01. The zero-order valence-corrected chi connectivity index (χ0v) is 16.8. The molecular weight excluding hydrogens is 390 g/mol. The van der Waals surface area contributed by atoms with Gasteiger partial charge in [0.2, 0.25) is 5.78 Å². The summed E-state index contributed by atoms with van der Waals surface area (Å²) >= 11 is 1.30. The van der Waals surface area contributed by atoms with Gasteiger partial charge in [0.05, 0.1) is 29.7 Å². The van der Waals surface area contributed by atoms with Gasteiger partial charge in [-0.15, -0.1) is 11.3 Å². The number of carbonyl (C=O) groups excluding carboxylic acids is 2. The largest absolute Gasteiger partial charge is 0.503 e. The summed E-state index contributed by atoms with van der Waals surface area (Å²) in [5.41, 5.74) is 0.855. The number of aliphatic hydroxyl groups is 1. The molecule has 2 aliphatic rings. The van der Waals surface area contributed by atoms with Crippen LogP contribution in [0, 0.1) is 0 Å². The van der Waals surface area contributed by atoms with Gasteiger partial charge in [0.15, 0.2) is 5.76 Å². The molecular formula is C21H23N3O4S. The highest BCUT2D eigenvalue weighted by Crippen LogP contribution is 2.39. The monoisotopic (exact) mass is 413 g/mol. The first-order chi connectivity index (χ1) is 14.2. The Balaban J connectivity index is 1.57. The molecule has 0 saturated carbocycles. The number of morpholine rings is 1.